The topological polar surface area (TPSA) is 78.0 Å². The van der Waals surface area contributed by atoms with E-state index in [1.54, 1.807) is 36.8 Å². The summed E-state index contributed by atoms with van der Waals surface area (Å²) in [6, 6.07) is 11.3. The first-order chi connectivity index (χ1) is 16.2. The highest BCUT2D eigenvalue weighted by atomic mass is 32.1. The molecule has 0 spiro atoms. The molecule has 0 unspecified atom stereocenters. The van der Waals surface area contributed by atoms with Gasteiger partial charge in [-0.3, -0.25) is 14.5 Å². The highest BCUT2D eigenvalue weighted by Crippen LogP contribution is 2.35. The van der Waals surface area contributed by atoms with Gasteiger partial charge in [0.05, 0.1) is 37.1 Å². The van der Waals surface area contributed by atoms with E-state index in [2.05, 4.69) is 4.98 Å². The van der Waals surface area contributed by atoms with Gasteiger partial charge in [0.15, 0.2) is 5.13 Å². The van der Waals surface area contributed by atoms with Crippen LogP contribution in [0.5, 0.6) is 11.5 Å². The van der Waals surface area contributed by atoms with E-state index in [-0.39, 0.29) is 30.5 Å². The minimum atomic E-state index is -4.54. The van der Waals surface area contributed by atoms with Crippen molar-refractivity contribution < 1.29 is 37.0 Å². The molecular weight excluding hydrogens is 473 g/mol. The van der Waals surface area contributed by atoms with Crippen molar-refractivity contribution in [2.75, 3.05) is 18.6 Å². The van der Waals surface area contributed by atoms with Crippen LogP contribution in [0.4, 0.5) is 24.0 Å². The van der Waals surface area contributed by atoms with Crippen molar-refractivity contribution in [2.24, 2.45) is 0 Å². The number of carbonyl (C=O) groups excluding carboxylic acids is 2. The van der Waals surface area contributed by atoms with Gasteiger partial charge in [-0.1, -0.05) is 6.07 Å². The maximum Gasteiger partial charge on any atom is 0.416 e. The van der Waals surface area contributed by atoms with Crippen molar-refractivity contribution in [3.05, 3.63) is 65.2 Å². The Bertz CT molecular complexity index is 1130. The largest absolute Gasteiger partial charge is 0.497 e. The first-order valence-corrected chi connectivity index (χ1v) is 10.9. The predicted molar refractivity (Wildman–Crippen MR) is 119 cm³/mol. The number of amides is 1. The number of rotatable bonds is 9. The summed E-state index contributed by atoms with van der Waals surface area (Å²) in [7, 11) is 1.56. The molecule has 0 radical (unpaired) electrons. The van der Waals surface area contributed by atoms with E-state index in [1.807, 2.05) is 0 Å². The molecule has 1 heterocycles. The summed E-state index contributed by atoms with van der Waals surface area (Å²) < 4.78 is 54.9. The van der Waals surface area contributed by atoms with Crippen LogP contribution in [0.15, 0.2) is 53.9 Å². The minimum absolute atomic E-state index is 0.00677. The molecule has 180 valence electrons. The number of benzene rings is 2. The number of halogens is 3. The quantitative estimate of drug-likeness (QED) is 0.373. The summed E-state index contributed by atoms with van der Waals surface area (Å²) in [5.74, 6) is 0.250. The van der Waals surface area contributed by atoms with Gasteiger partial charge in [0.2, 0.25) is 5.91 Å². The number of ether oxygens (including phenoxy) is 3. The maximum atomic E-state index is 13.1. The molecule has 0 saturated carbocycles. The molecule has 0 saturated heterocycles. The molecule has 0 aliphatic heterocycles. The standard InChI is InChI=1S/C23H21F3N2O5S/c1-15(29)28(18-5-3-4-16(12-18)23(24,25)26)22-27-17(14-34-22)13-33-21(30)10-11-32-20-8-6-19(31-2)7-9-20/h3-9,12,14H,10-11,13H2,1-2H3. The van der Waals surface area contributed by atoms with E-state index < -0.39 is 23.6 Å². The maximum absolute atomic E-state index is 13.1. The summed E-state index contributed by atoms with van der Waals surface area (Å²) in [4.78, 5) is 29.5. The fourth-order valence-electron chi connectivity index (χ4n) is 2.86. The summed E-state index contributed by atoms with van der Waals surface area (Å²) >= 11 is 1.05. The molecule has 0 bridgehead atoms. The predicted octanol–water partition coefficient (Wildman–Crippen LogP) is 5.37. The van der Waals surface area contributed by atoms with Gasteiger partial charge in [0.1, 0.15) is 18.1 Å². The van der Waals surface area contributed by atoms with Crippen molar-refractivity contribution in [1.82, 2.24) is 4.98 Å². The summed E-state index contributed by atoms with van der Waals surface area (Å²) in [6.07, 6.45) is -4.54. The van der Waals surface area contributed by atoms with E-state index in [1.165, 1.54) is 19.1 Å². The molecule has 7 nitrogen and oxygen atoms in total. The number of nitrogens with zero attached hydrogens (tertiary/aromatic N) is 2. The second-order valence-corrected chi connectivity index (χ2v) is 7.80. The molecule has 0 fully saturated rings. The van der Waals surface area contributed by atoms with Crippen LogP contribution < -0.4 is 14.4 Å². The van der Waals surface area contributed by atoms with Crippen LogP contribution >= 0.6 is 11.3 Å². The molecule has 3 aromatic rings. The molecule has 0 aliphatic rings. The number of carbonyl (C=O) groups is 2. The van der Waals surface area contributed by atoms with Crippen molar-refractivity contribution in [2.45, 2.75) is 26.1 Å². The molecule has 2 aromatic carbocycles. The number of hydrogen-bond acceptors (Lipinski definition) is 7. The second-order valence-electron chi connectivity index (χ2n) is 6.96. The van der Waals surface area contributed by atoms with Gasteiger partial charge in [0, 0.05) is 12.3 Å². The smallest absolute Gasteiger partial charge is 0.416 e. The Morgan fingerprint density at radius 1 is 1.09 bits per heavy atom. The van der Waals surface area contributed by atoms with E-state index in [9.17, 15) is 22.8 Å². The Morgan fingerprint density at radius 2 is 1.79 bits per heavy atom. The van der Waals surface area contributed by atoms with E-state index in [0.29, 0.717) is 17.2 Å². The molecule has 0 atom stereocenters. The normalized spacial score (nSPS) is 11.1. The Hall–Kier alpha value is -3.60. The van der Waals surface area contributed by atoms with Gasteiger partial charge in [0.25, 0.3) is 0 Å². The highest BCUT2D eigenvalue weighted by Gasteiger charge is 2.31. The molecule has 0 aliphatic carbocycles. The summed E-state index contributed by atoms with van der Waals surface area (Å²) in [5, 5.41) is 1.74. The zero-order valence-corrected chi connectivity index (χ0v) is 19.1. The molecule has 1 aromatic heterocycles. The number of aromatic nitrogens is 1. The van der Waals surface area contributed by atoms with Gasteiger partial charge in [-0.15, -0.1) is 11.3 Å². The Balaban J connectivity index is 1.56. The van der Waals surface area contributed by atoms with Crippen molar-refractivity contribution in [1.29, 1.82) is 0 Å². The Morgan fingerprint density at radius 3 is 2.44 bits per heavy atom. The Kier molecular flexibility index (Phi) is 8.11. The fraction of sp³-hybridized carbons (Fsp3) is 0.261. The zero-order chi connectivity index (χ0) is 24.7. The van der Waals surface area contributed by atoms with Crippen LogP contribution in [-0.4, -0.2) is 30.6 Å². The van der Waals surface area contributed by atoms with Crippen LogP contribution in [0.1, 0.15) is 24.6 Å². The van der Waals surface area contributed by atoms with Crippen LogP contribution in [0.3, 0.4) is 0 Å². The third-order valence-corrected chi connectivity index (χ3v) is 5.37. The van der Waals surface area contributed by atoms with Crippen molar-refractivity contribution >= 4 is 34.0 Å². The van der Waals surface area contributed by atoms with Gasteiger partial charge in [-0.2, -0.15) is 13.2 Å². The SMILES string of the molecule is COc1ccc(OCCC(=O)OCc2csc(N(C(C)=O)c3cccc(C(F)(F)F)c3)n2)cc1. The number of thiazole rings is 1. The van der Waals surface area contributed by atoms with Gasteiger partial charge >= 0.3 is 12.1 Å². The lowest BCUT2D eigenvalue weighted by Gasteiger charge is -2.19. The fourth-order valence-corrected chi connectivity index (χ4v) is 3.74. The van der Waals surface area contributed by atoms with Gasteiger partial charge in [-0.05, 0) is 42.5 Å². The lowest BCUT2D eigenvalue weighted by molar-refractivity contribution is -0.145. The third kappa shape index (κ3) is 6.70. The summed E-state index contributed by atoms with van der Waals surface area (Å²) in [6.45, 7) is 1.19. The Labute approximate surface area is 197 Å². The number of esters is 1. The average Bonchev–Trinajstić information content (AvgIpc) is 3.26. The number of anilines is 2. The molecule has 0 N–H and O–H groups in total. The van der Waals surface area contributed by atoms with Crippen LogP contribution in [0, 0.1) is 0 Å². The van der Waals surface area contributed by atoms with E-state index in [0.717, 1.165) is 28.4 Å². The number of alkyl halides is 3. The third-order valence-electron chi connectivity index (χ3n) is 4.49. The molecule has 34 heavy (non-hydrogen) atoms. The average molecular weight is 494 g/mol. The first-order valence-electron chi connectivity index (χ1n) is 10.0. The van der Waals surface area contributed by atoms with Crippen molar-refractivity contribution in [3.8, 4) is 11.5 Å². The minimum Gasteiger partial charge on any atom is -0.497 e. The molecular formula is C23H21F3N2O5S. The molecule has 3 rings (SSSR count). The lowest BCUT2D eigenvalue weighted by atomic mass is 10.2. The van der Waals surface area contributed by atoms with Crippen molar-refractivity contribution in [3.63, 3.8) is 0 Å². The number of methoxy groups -OCH3 is 1. The van der Waals surface area contributed by atoms with E-state index in [4.69, 9.17) is 14.2 Å². The highest BCUT2D eigenvalue weighted by molar-refractivity contribution is 7.14. The van der Waals surface area contributed by atoms with Gasteiger partial charge < -0.3 is 14.2 Å². The number of hydrogen-bond donors (Lipinski definition) is 0. The van der Waals surface area contributed by atoms with Gasteiger partial charge in [-0.25, -0.2) is 4.98 Å². The monoisotopic (exact) mass is 494 g/mol. The zero-order valence-electron chi connectivity index (χ0n) is 18.3. The second kappa shape index (κ2) is 11.0. The molecule has 1 amide bonds. The summed E-state index contributed by atoms with van der Waals surface area (Å²) in [5.41, 5.74) is -0.475. The molecule has 11 heteroatoms. The first kappa shape index (κ1) is 25.0. The van der Waals surface area contributed by atoms with Crippen LogP contribution in [-0.2, 0) is 27.1 Å². The van der Waals surface area contributed by atoms with E-state index >= 15 is 0 Å². The van der Waals surface area contributed by atoms with Crippen LogP contribution in [0.2, 0.25) is 0 Å². The van der Waals surface area contributed by atoms with Crippen LogP contribution in [0.25, 0.3) is 0 Å². The lowest BCUT2D eigenvalue weighted by Crippen LogP contribution is -2.23.